The summed E-state index contributed by atoms with van der Waals surface area (Å²) in [6.45, 7) is 0.499. The minimum Gasteiger partial charge on any atom is -0.497 e. The quantitative estimate of drug-likeness (QED) is 0.102. The number of hydrogen-bond donors (Lipinski definition) is 0. The van der Waals surface area contributed by atoms with Gasteiger partial charge in [-0.05, 0) is 72.8 Å². The fourth-order valence-electron chi connectivity index (χ4n) is 7.39. The number of amides is 4. The standard InChI is InChI=1S/C44H40N4O12/c1-57-33-7-3-5-29(21-33)37(49)25-59-43(55)27-9-13-31(14-10-27)47-39(51)23-35(41(47)53)45-17-19-46(20-18-45)36-24-40(52)48(42(36)54)32-15-11-28(12-16-32)44(56)60-26-38(50)30-6-4-8-34(22-30)58-2/h3-16,21-22,35-36H,17-20,23-26H2,1-2H3. The first kappa shape index (κ1) is 41.1. The van der Waals surface area contributed by atoms with Crippen LogP contribution in [0.15, 0.2) is 97.1 Å². The summed E-state index contributed by atoms with van der Waals surface area (Å²) >= 11 is 0. The minimum absolute atomic E-state index is 0.0499. The lowest BCUT2D eigenvalue weighted by molar-refractivity contribution is -0.126. The molecule has 0 aromatic heterocycles. The number of benzene rings is 4. The average Bonchev–Trinajstić information content (AvgIpc) is 3.76. The summed E-state index contributed by atoms with van der Waals surface area (Å²) < 4.78 is 20.6. The second-order valence-corrected chi connectivity index (χ2v) is 14.2. The maximum absolute atomic E-state index is 13.6. The Morgan fingerprint density at radius 3 is 1.23 bits per heavy atom. The van der Waals surface area contributed by atoms with Crippen molar-refractivity contribution in [2.75, 3.05) is 63.4 Å². The molecule has 0 saturated carbocycles. The van der Waals surface area contributed by atoms with Crippen molar-refractivity contribution in [2.45, 2.75) is 24.9 Å². The van der Waals surface area contributed by atoms with E-state index in [9.17, 15) is 38.4 Å². The molecule has 4 aromatic carbocycles. The second-order valence-electron chi connectivity index (χ2n) is 14.2. The van der Waals surface area contributed by atoms with Crippen LogP contribution in [0.5, 0.6) is 11.5 Å². The van der Waals surface area contributed by atoms with Gasteiger partial charge in [0.2, 0.25) is 11.8 Å². The van der Waals surface area contributed by atoms with Crippen LogP contribution in [0.2, 0.25) is 0 Å². The molecule has 0 spiro atoms. The molecule has 0 aliphatic carbocycles. The van der Waals surface area contributed by atoms with Crippen molar-refractivity contribution in [3.05, 3.63) is 119 Å². The summed E-state index contributed by atoms with van der Waals surface area (Å²) in [5.41, 5.74) is 1.50. The van der Waals surface area contributed by atoms with Crippen LogP contribution in [-0.4, -0.2) is 123 Å². The lowest BCUT2D eigenvalue weighted by Crippen LogP contribution is -2.56. The number of rotatable bonds is 14. The Morgan fingerprint density at radius 2 is 0.883 bits per heavy atom. The number of hydrogen-bond acceptors (Lipinski definition) is 14. The van der Waals surface area contributed by atoms with Gasteiger partial charge < -0.3 is 18.9 Å². The summed E-state index contributed by atoms with van der Waals surface area (Å²) in [7, 11) is 2.96. The van der Waals surface area contributed by atoms with Crippen LogP contribution in [0.25, 0.3) is 0 Å². The van der Waals surface area contributed by atoms with Gasteiger partial charge >= 0.3 is 11.9 Å². The highest BCUT2D eigenvalue weighted by Gasteiger charge is 2.47. The molecular weight excluding hydrogens is 776 g/mol. The predicted octanol–water partition coefficient (Wildman–Crippen LogP) is 3.36. The van der Waals surface area contributed by atoms with Gasteiger partial charge in [-0.3, -0.25) is 38.6 Å². The van der Waals surface area contributed by atoms with Crippen LogP contribution in [0.3, 0.4) is 0 Å². The smallest absolute Gasteiger partial charge is 0.338 e. The Hall–Kier alpha value is -7.04. The number of Topliss-reactive ketones (excluding diaryl/α,β-unsaturated/α-hetero) is 2. The molecule has 0 bridgehead atoms. The van der Waals surface area contributed by atoms with Crippen molar-refractivity contribution in [1.82, 2.24) is 9.80 Å². The van der Waals surface area contributed by atoms with Crippen molar-refractivity contribution in [3.8, 4) is 11.5 Å². The van der Waals surface area contributed by atoms with Crippen molar-refractivity contribution in [2.24, 2.45) is 0 Å². The number of carbonyl (C=O) groups is 8. The maximum Gasteiger partial charge on any atom is 0.338 e. The van der Waals surface area contributed by atoms with E-state index < -0.39 is 72.4 Å². The molecule has 7 rings (SSSR count). The van der Waals surface area contributed by atoms with Crippen molar-refractivity contribution < 1.29 is 57.3 Å². The van der Waals surface area contributed by atoms with Gasteiger partial charge in [0.1, 0.15) is 11.5 Å². The van der Waals surface area contributed by atoms with E-state index in [4.69, 9.17) is 18.9 Å². The third kappa shape index (κ3) is 8.69. The van der Waals surface area contributed by atoms with E-state index in [-0.39, 0.29) is 35.3 Å². The SMILES string of the molecule is COc1cccc(C(=O)COC(=O)c2ccc(N3C(=O)CC(N4CCN(C5CC(=O)N(c6ccc(C(=O)OCC(=O)c7cccc(OC)c7)cc6)C5=O)CC4)C3=O)cc2)c1. The van der Waals surface area contributed by atoms with E-state index in [0.29, 0.717) is 48.8 Å². The number of methoxy groups -OCH3 is 2. The van der Waals surface area contributed by atoms with Crippen LogP contribution < -0.4 is 19.3 Å². The summed E-state index contributed by atoms with van der Waals surface area (Å²) in [5, 5.41) is 0. The molecule has 60 heavy (non-hydrogen) atoms. The molecule has 2 unspecified atom stereocenters. The molecule has 3 aliphatic heterocycles. The molecule has 308 valence electrons. The van der Waals surface area contributed by atoms with Crippen LogP contribution in [0, 0.1) is 0 Å². The first-order chi connectivity index (χ1) is 28.9. The average molecular weight is 817 g/mol. The topological polar surface area (TPSA) is 186 Å². The first-order valence-corrected chi connectivity index (χ1v) is 19.1. The zero-order chi connectivity index (χ0) is 42.5. The number of ketones is 2. The van der Waals surface area contributed by atoms with E-state index in [2.05, 4.69) is 0 Å². The van der Waals surface area contributed by atoms with E-state index in [1.165, 1.54) is 62.8 Å². The fourth-order valence-corrected chi connectivity index (χ4v) is 7.39. The Balaban J connectivity index is 0.889. The Morgan fingerprint density at radius 1 is 0.517 bits per heavy atom. The van der Waals surface area contributed by atoms with E-state index in [1.54, 1.807) is 48.5 Å². The minimum atomic E-state index is -0.745. The Bertz CT molecular complexity index is 2190. The summed E-state index contributed by atoms with van der Waals surface area (Å²) in [6.07, 6.45) is -0.0997. The van der Waals surface area contributed by atoms with E-state index in [1.807, 2.05) is 9.80 Å². The molecule has 0 N–H and O–H groups in total. The normalized spacial score (nSPS) is 18.4. The second kappa shape index (κ2) is 17.8. The van der Waals surface area contributed by atoms with Crippen LogP contribution in [-0.2, 0) is 28.7 Å². The molecule has 2 atom stereocenters. The number of carbonyl (C=O) groups excluding carboxylic acids is 8. The van der Waals surface area contributed by atoms with Gasteiger partial charge in [-0.15, -0.1) is 0 Å². The van der Waals surface area contributed by atoms with Gasteiger partial charge in [0, 0.05) is 37.3 Å². The summed E-state index contributed by atoms with van der Waals surface area (Å²) in [4.78, 5) is 110. The zero-order valence-electron chi connectivity index (χ0n) is 32.7. The van der Waals surface area contributed by atoms with Gasteiger partial charge in [0.05, 0.1) is 61.6 Å². The molecule has 3 aliphatic rings. The number of anilines is 2. The molecule has 4 amide bonds. The Labute approximate surface area is 344 Å². The summed E-state index contributed by atoms with van der Waals surface area (Å²) in [6, 6.07) is 23.0. The highest BCUT2D eigenvalue weighted by molar-refractivity contribution is 6.23. The molecular formula is C44H40N4O12. The molecule has 3 heterocycles. The van der Waals surface area contributed by atoms with Gasteiger partial charge in [-0.1, -0.05) is 24.3 Å². The van der Waals surface area contributed by atoms with Crippen LogP contribution in [0.1, 0.15) is 54.3 Å². The summed E-state index contributed by atoms with van der Waals surface area (Å²) in [5.74, 6) is -2.96. The number of imide groups is 2. The van der Waals surface area contributed by atoms with E-state index >= 15 is 0 Å². The third-order valence-electron chi connectivity index (χ3n) is 10.7. The molecule has 3 fully saturated rings. The van der Waals surface area contributed by atoms with Crippen molar-refractivity contribution in [1.29, 1.82) is 0 Å². The van der Waals surface area contributed by atoms with Gasteiger partial charge in [-0.25, -0.2) is 19.4 Å². The molecule has 16 heteroatoms. The highest BCUT2D eigenvalue weighted by Crippen LogP contribution is 2.30. The highest BCUT2D eigenvalue weighted by atomic mass is 16.5. The van der Waals surface area contributed by atoms with Crippen molar-refractivity contribution in [3.63, 3.8) is 0 Å². The molecule has 3 saturated heterocycles. The fraction of sp³-hybridized carbons (Fsp3) is 0.273. The Kier molecular flexibility index (Phi) is 12.2. The van der Waals surface area contributed by atoms with Crippen molar-refractivity contribution >= 4 is 58.5 Å². The van der Waals surface area contributed by atoms with Gasteiger partial charge in [0.25, 0.3) is 11.8 Å². The number of ether oxygens (including phenoxy) is 4. The first-order valence-electron chi connectivity index (χ1n) is 19.1. The molecule has 0 radical (unpaired) electrons. The maximum atomic E-state index is 13.6. The predicted molar refractivity (Wildman–Crippen MR) is 213 cm³/mol. The van der Waals surface area contributed by atoms with Crippen LogP contribution in [0.4, 0.5) is 11.4 Å². The third-order valence-corrected chi connectivity index (χ3v) is 10.7. The lowest BCUT2D eigenvalue weighted by atomic mass is 10.1. The van der Waals surface area contributed by atoms with Gasteiger partial charge in [-0.2, -0.15) is 0 Å². The van der Waals surface area contributed by atoms with Gasteiger partial charge in [0.15, 0.2) is 24.8 Å². The number of nitrogens with zero attached hydrogens (tertiary/aromatic N) is 4. The molecule has 4 aromatic rings. The lowest BCUT2D eigenvalue weighted by Gasteiger charge is -2.38. The largest absolute Gasteiger partial charge is 0.497 e. The monoisotopic (exact) mass is 816 g/mol. The molecule has 16 nitrogen and oxygen atoms in total. The number of esters is 2. The van der Waals surface area contributed by atoms with Crippen LogP contribution >= 0.6 is 0 Å². The number of piperazine rings is 1. The zero-order valence-corrected chi connectivity index (χ0v) is 32.7. The van der Waals surface area contributed by atoms with E-state index in [0.717, 1.165) is 9.80 Å².